The molecule has 0 bridgehead atoms. The fraction of sp³-hybridized carbons (Fsp3) is 0.176. The average molecular weight is 930 g/mol. The van der Waals surface area contributed by atoms with Crippen LogP contribution < -0.4 is 0 Å². The van der Waals surface area contributed by atoms with E-state index in [1.54, 1.807) is 0 Å². The van der Waals surface area contributed by atoms with Gasteiger partial charge < -0.3 is 13.4 Å². The van der Waals surface area contributed by atoms with Crippen molar-refractivity contribution in [2.75, 3.05) is 0 Å². The minimum absolute atomic E-state index is 0.0681. The van der Waals surface area contributed by atoms with Crippen LogP contribution >= 0.6 is 0 Å². The molecule has 0 saturated carbocycles. The van der Waals surface area contributed by atoms with Crippen LogP contribution in [0, 0.1) is 0 Å². The Morgan fingerprint density at radius 2 is 0.903 bits per heavy atom. The van der Waals surface area contributed by atoms with Crippen molar-refractivity contribution >= 4 is 109 Å². The first-order chi connectivity index (χ1) is 34.6. The second kappa shape index (κ2) is 13.9. The van der Waals surface area contributed by atoms with Crippen molar-refractivity contribution in [2.24, 2.45) is 0 Å². The molecule has 0 atom stereocenters. The maximum atomic E-state index is 6.92. The SMILES string of the molecule is CC(C)(C)c1cc(-c2ccc3c(c2)c2ccccc2n3-c2cccc(-c3ccccc3)c2)c2c(c1)c1cc(C(C)(C)C)cc3c4ccc5c(c6cc(C(C)(C)C)cc7c8c9ccccc9oc8n5c76)c4n2c13. The van der Waals surface area contributed by atoms with Crippen LogP contribution in [0.15, 0.2) is 174 Å². The molecular weight excluding hydrogens is 875 g/mol. The van der Waals surface area contributed by atoms with Gasteiger partial charge >= 0.3 is 0 Å². The Hall–Kier alpha value is -8.08. The zero-order valence-corrected chi connectivity index (χ0v) is 42.4. The molecule has 0 fully saturated rings. The molecule has 9 aromatic carbocycles. The number of fused-ring (bicyclic) bond motifs is 18. The smallest absolute Gasteiger partial charge is 0.213 e. The summed E-state index contributed by atoms with van der Waals surface area (Å²) in [6.45, 7) is 21.2. The van der Waals surface area contributed by atoms with Gasteiger partial charge in [0.1, 0.15) is 5.58 Å². The number of furan rings is 1. The Kier molecular flexibility index (Phi) is 8.02. The molecule has 4 heteroatoms. The van der Waals surface area contributed by atoms with E-state index in [-0.39, 0.29) is 16.2 Å². The van der Waals surface area contributed by atoms with Gasteiger partial charge in [0.05, 0.1) is 44.0 Å². The van der Waals surface area contributed by atoms with Gasteiger partial charge in [0.2, 0.25) is 5.71 Å². The standard InChI is InChI=1S/C68H55N3O/c1-66(2,3)41-32-48(40-26-28-56-49(31-40)45-22-13-15-24-55(45)69(56)44-21-17-20-39(30-44)38-18-11-10-12-19-38)61-51(34-41)52-35-42(67(4,5)6)33-50-46-27-29-57-60(64(46)71(61)62(50)52)54-37-43(68(7,8)9)36-53-59-47-23-14-16-25-58(47)72-65(59)70(57)63(53)54/h10-37H,1-9H3. The highest BCUT2D eigenvalue weighted by Crippen LogP contribution is 2.52. The highest BCUT2D eigenvalue weighted by Gasteiger charge is 2.31. The number of para-hydroxylation sites is 2. The van der Waals surface area contributed by atoms with E-state index in [1.807, 2.05) is 0 Å². The second-order valence-electron chi connectivity index (χ2n) is 23.8. The Morgan fingerprint density at radius 3 is 1.64 bits per heavy atom. The summed E-state index contributed by atoms with van der Waals surface area (Å²) in [5.41, 5.74) is 20.2. The predicted octanol–water partition coefficient (Wildman–Crippen LogP) is 19.1. The molecular formula is C68H55N3O. The van der Waals surface area contributed by atoms with Crippen molar-refractivity contribution in [2.45, 2.75) is 78.6 Å². The average Bonchev–Trinajstić information content (AvgIpc) is 4.20. The predicted molar refractivity (Wildman–Crippen MR) is 307 cm³/mol. The van der Waals surface area contributed by atoms with E-state index < -0.39 is 0 Å². The first kappa shape index (κ1) is 41.7. The van der Waals surface area contributed by atoms with Crippen LogP contribution in [-0.4, -0.2) is 13.4 Å². The van der Waals surface area contributed by atoms with E-state index in [2.05, 4.69) is 246 Å². The fourth-order valence-electron chi connectivity index (χ4n) is 12.6. The number of nitrogens with zero attached hydrogens (tertiary/aromatic N) is 3. The van der Waals surface area contributed by atoms with E-state index in [0.717, 1.165) is 22.4 Å². The molecule has 0 aliphatic carbocycles. The Bertz CT molecular complexity index is 4780. The molecule has 0 aliphatic rings. The van der Waals surface area contributed by atoms with Gasteiger partial charge in [0, 0.05) is 65.1 Å². The molecule has 0 unspecified atom stereocenters. The maximum Gasteiger partial charge on any atom is 0.213 e. The highest BCUT2D eigenvalue weighted by molar-refractivity contribution is 6.35. The van der Waals surface area contributed by atoms with Crippen LogP contribution in [0.25, 0.3) is 137 Å². The molecule has 0 N–H and O–H groups in total. The maximum absolute atomic E-state index is 6.92. The van der Waals surface area contributed by atoms with Crippen LogP contribution in [0.1, 0.15) is 79.0 Å². The first-order valence-electron chi connectivity index (χ1n) is 25.7. The van der Waals surface area contributed by atoms with Crippen LogP contribution in [0.2, 0.25) is 0 Å². The first-order valence-corrected chi connectivity index (χ1v) is 25.7. The molecule has 4 nitrogen and oxygen atoms in total. The van der Waals surface area contributed by atoms with E-state index >= 15 is 0 Å². The number of hydrogen-bond donors (Lipinski definition) is 0. The summed E-state index contributed by atoms with van der Waals surface area (Å²) in [6, 6.07) is 64.2. The van der Waals surface area contributed by atoms with Gasteiger partial charge in [-0.1, -0.05) is 153 Å². The molecule has 0 radical (unpaired) electrons. The van der Waals surface area contributed by atoms with Crippen LogP contribution in [0.4, 0.5) is 0 Å². The topological polar surface area (TPSA) is 26.9 Å². The zero-order valence-electron chi connectivity index (χ0n) is 42.4. The summed E-state index contributed by atoms with van der Waals surface area (Å²) in [5.74, 6) is 0. The van der Waals surface area contributed by atoms with Crippen molar-refractivity contribution in [3.8, 4) is 27.9 Å². The van der Waals surface area contributed by atoms with Gasteiger partial charge in [-0.2, -0.15) is 0 Å². The van der Waals surface area contributed by atoms with Gasteiger partial charge in [0.15, 0.2) is 0 Å². The molecule has 72 heavy (non-hydrogen) atoms. The molecule has 6 heterocycles. The highest BCUT2D eigenvalue weighted by atomic mass is 16.3. The van der Waals surface area contributed by atoms with E-state index in [0.29, 0.717) is 0 Å². The molecule has 15 aromatic rings. The monoisotopic (exact) mass is 929 g/mol. The lowest BCUT2D eigenvalue weighted by atomic mass is 9.83. The van der Waals surface area contributed by atoms with Gasteiger partial charge in [-0.05, 0) is 128 Å². The van der Waals surface area contributed by atoms with Crippen molar-refractivity contribution < 1.29 is 4.42 Å². The number of aromatic nitrogens is 3. The van der Waals surface area contributed by atoms with Crippen LogP contribution in [0.5, 0.6) is 0 Å². The second-order valence-corrected chi connectivity index (χ2v) is 23.8. The Morgan fingerprint density at radius 1 is 0.333 bits per heavy atom. The number of rotatable bonds is 3. The third-order valence-corrected chi connectivity index (χ3v) is 16.3. The van der Waals surface area contributed by atoms with Crippen molar-refractivity contribution in [1.29, 1.82) is 0 Å². The van der Waals surface area contributed by atoms with E-state index in [9.17, 15) is 0 Å². The molecule has 0 aliphatic heterocycles. The minimum atomic E-state index is -0.102. The summed E-state index contributed by atoms with van der Waals surface area (Å²) in [5, 5.41) is 13.9. The van der Waals surface area contributed by atoms with Gasteiger partial charge in [-0.15, -0.1) is 0 Å². The number of hydrogen-bond acceptors (Lipinski definition) is 1. The fourth-order valence-corrected chi connectivity index (χ4v) is 12.6. The summed E-state index contributed by atoms with van der Waals surface area (Å²) in [6.07, 6.45) is 0. The van der Waals surface area contributed by atoms with Crippen molar-refractivity contribution in [3.63, 3.8) is 0 Å². The Labute approximate surface area is 418 Å². The van der Waals surface area contributed by atoms with Gasteiger partial charge in [0.25, 0.3) is 0 Å². The molecule has 6 aromatic heterocycles. The largest absolute Gasteiger partial charge is 0.439 e. The van der Waals surface area contributed by atoms with Gasteiger partial charge in [-0.25, -0.2) is 0 Å². The summed E-state index contributed by atoms with van der Waals surface area (Å²) >= 11 is 0. The molecule has 348 valence electrons. The minimum Gasteiger partial charge on any atom is -0.439 e. The van der Waals surface area contributed by atoms with Crippen molar-refractivity contribution in [3.05, 3.63) is 187 Å². The molecule has 0 saturated heterocycles. The van der Waals surface area contributed by atoms with Gasteiger partial charge in [-0.3, -0.25) is 4.40 Å². The van der Waals surface area contributed by atoms with E-state index in [1.165, 1.54) is 131 Å². The summed E-state index contributed by atoms with van der Waals surface area (Å²) < 4.78 is 14.5. The lowest BCUT2D eigenvalue weighted by Crippen LogP contribution is -2.11. The number of benzene rings is 9. The molecule has 15 rings (SSSR count). The van der Waals surface area contributed by atoms with E-state index in [4.69, 9.17) is 4.42 Å². The summed E-state index contributed by atoms with van der Waals surface area (Å²) in [7, 11) is 0. The molecule has 0 amide bonds. The third kappa shape index (κ3) is 5.53. The normalized spacial score (nSPS) is 13.3. The third-order valence-electron chi connectivity index (χ3n) is 16.3. The lowest BCUT2D eigenvalue weighted by molar-refractivity contribution is 0.591. The van der Waals surface area contributed by atoms with Crippen molar-refractivity contribution in [1.82, 2.24) is 13.4 Å². The zero-order chi connectivity index (χ0) is 48.9. The van der Waals surface area contributed by atoms with Crippen LogP contribution in [-0.2, 0) is 16.2 Å². The quantitative estimate of drug-likeness (QED) is 0.173. The molecule has 0 spiro atoms. The Balaban J connectivity index is 1.11. The summed E-state index contributed by atoms with van der Waals surface area (Å²) in [4.78, 5) is 0. The lowest BCUT2D eigenvalue weighted by Gasteiger charge is -2.22. The van der Waals surface area contributed by atoms with Crippen LogP contribution in [0.3, 0.4) is 0 Å².